The first-order chi connectivity index (χ1) is 10.3. The summed E-state index contributed by atoms with van der Waals surface area (Å²) in [7, 11) is 0. The quantitative estimate of drug-likeness (QED) is 0.832. The van der Waals surface area contributed by atoms with Crippen molar-refractivity contribution < 1.29 is 9.90 Å². The normalized spacial score (nSPS) is 27.7. The molecule has 3 rings (SSSR count). The summed E-state index contributed by atoms with van der Waals surface area (Å²) in [6.45, 7) is 8.54. The molecule has 130 valence electrons. The van der Waals surface area contributed by atoms with E-state index >= 15 is 0 Å². The zero-order valence-corrected chi connectivity index (χ0v) is 14.8. The number of piperidine rings is 1. The van der Waals surface area contributed by atoms with E-state index in [1.165, 1.54) is 0 Å². The summed E-state index contributed by atoms with van der Waals surface area (Å²) in [5, 5.41) is 22.0. The van der Waals surface area contributed by atoms with Gasteiger partial charge in [-0.1, -0.05) is 19.1 Å². The number of halogens is 1. The van der Waals surface area contributed by atoms with Crippen LogP contribution >= 0.6 is 12.4 Å². The maximum absolute atomic E-state index is 12.6. The van der Waals surface area contributed by atoms with Crippen molar-refractivity contribution in [3.05, 3.63) is 11.9 Å². The lowest BCUT2D eigenvalue weighted by Crippen LogP contribution is -2.40. The van der Waals surface area contributed by atoms with Gasteiger partial charge in [0, 0.05) is 12.0 Å². The number of hydrogen-bond acceptors (Lipinski definition) is 5. The number of carbonyl (C=O) groups excluding carboxylic acids is 1. The number of nitrogens with zero attached hydrogens (tertiary/aromatic N) is 4. The molecule has 0 radical (unpaired) electrons. The van der Waals surface area contributed by atoms with Crippen LogP contribution in [0.4, 0.5) is 0 Å². The van der Waals surface area contributed by atoms with Gasteiger partial charge in [-0.15, -0.1) is 17.5 Å². The van der Waals surface area contributed by atoms with E-state index in [2.05, 4.69) is 15.6 Å². The summed E-state index contributed by atoms with van der Waals surface area (Å²) in [4.78, 5) is 14.3. The second-order valence-electron chi connectivity index (χ2n) is 7.38. The van der Waals surface area contributed by atoms with E-state index < -0.39 is 5.60 Å². The Morgan fingerprint density at radius 1 is 1.30 bits per heavy atom. The van der Waals surface area contributed by atoms with Gasteiger partial charge in [0.25, 0.3) is 5.91 Å². The number of aromatic nitrogens is 3. The fourth-order valence-electron chi connectivity index (χ4n) is 3.22. The molecule has 2 saturated heterocycles. The van der Waals surface area contributed by atoms with Crippen LogP contribution in [0.25, 0.3) is 0 Å². The van der Waals surface area contributed by atoms with E-state index in [1.807, 2.05) is 18.5 Å². The maximum Gasteiger partial charge on any atom is 0.276 e. The van der Waals surface area contributed by atoms with Crippen molar-refractivity contribution in [3.8, 4) is 0 Å². The molecule has 1 amide bonds. The van der Waals surface area contributed by atoms with Crippen LogP contribution in [0.3, 0.4) is 0 Å². The van der Waals surface area contributed by atoms with Crippen LogP contribution in [0.1, 0.15) is 50.1 Å². The minimum Gasteiger partial charge on any atom is -0.388 e. The predicted molar refractivity (Wildman–Crippen MR) is 88.7 cm³/mol. The average Bonchev–Trinajstić information content (AvgIpc) is 3.03. The monoisotopic (exact) mass is 343 g/mol. The van der Waals surface area contributed by atoms with E-state index in [0.29, 0.717) is 24.8 Å². The number of β-amino-alcohol motifs (C(OH)–C–C–N with tert-alkyl or cyclic N) is 1. The molecule has 23 heavy (non-hydrogen) atoms. The van der Waals surface area contributed by atoms with Crippen molar-refractivity contribution in [1.29, 1.82) is 0 Å². The SMILES string of the molecule is CC1(C)CN(C(=O)c2cn(C3CCNCC3)nn2)C[C@]1(C)O.Cl. The van der Waals surface area contributed by atoms with Crippen molar-refractivity contribution >= 4 is 18.3 Å². The summed E-state index contributed by atoms with van der Waals surface area (Å²) >= 11 is 0. The van der Waals surface area contributed by atoms with Gasteiger partial charge in [0.1, 0.15) is 0 Å². The van der Waals surface area contributed by atoms with Crippen LogP contribution in [0.15, 0.2) is 6.20 Å². The molecule has 3 heterocycles. The lowest BCUT2D eigenvalue weighted by atomic mass is 9.79. The Morgan fingerprint density at radius 2 is 1.96 bits per heavy atom. The zero-order chi connectivity index (χ0) is 16.0. The van der Waals surface area contributed by atoms with Gasteiger partial charge in [0.2, 0.25) is 0 Å². The highest BCUT2D eigenvalue weighted by Crippen LogP contribution is 2.38. The van der Waals surface area contributed by atoms with Crippen LogP contribution in [0, 0.1) is 5.41 Å². The lowest BCUT2D eigenvalue weighted by molar-refractivity contribution is -0.0108. The number of carbonyl (C=O) groups is 1. The third-order valence-corrected chi connectivity index (χ3v) is 5.24. The van der Waals surface area contributed by atoms with Gasteiger partial charge < -0.3 is 15.3 Å². The van der Waals surface area contributed by atoms with Crippen molar-refractivity contribution in [1.82, 2.24) is 25.2 Å². The number of rotatable bonds is 2. The number of amides is 1. The number of nitrogens with one attached hydrogen (secondary N) is 1. The van der Waals surface area contributed by atoms with Gasteiger partial charge in [0.05, 0.1) is 24.4 Å². The Morgan fingerprint density at radius 3 is 2.52 bits per heavy atom. The highest BCUT2D eigenvalue weighted by molar-refractivity contribution is 5.92. The molecule has 8 heteroatoms. The first-order valence-electron chi connectivity index (χ1n) is 7.94. The van der Waals surface area contributed by atoms with Crippen LogP contribution in [0.5, 0.6) is 0 Å². The zero-order valence-electron chi connectivity index (χ0n) is 13.9. The number of likely N-dealkylation sites (tertiary alicyclic amines) is 1. The molecule has 2 fully saturated rings. The predicted octanol–water partition coefficient (Wildman–Crippen LogP) is 0.857. The third kappa shape index (κ3) is 3.36. The third-order valence-electron chi connectivity index (χ3n) is 5.24. The molecular formula is C15H26ClN5O2. The molecule has 0 spiro atoms. The topological polar surface area (TPSA) is 83.3 Å². The van der Waals surface area contributed by atoms with Gasteiger partial charge in [-0.3, -0.25) is 4.79 Å². The molecular weight excluding hydrogens is 318 g/mol. The van der Waals surface area contributed by atoms with Gasteiger partial charge in [-0.25, -0.2) is 4.68 Å². The van der Waals surface area contributed by atoms with Crippen LogP contribution in [-0.4, -0.2) is 62.7 Å². The van der Waals surface area contributed by atoms with Crippen molar-refractivity contribution in [2.45, 2.75) is 45.3 Å². The first kappa shape index (κ1) is 18.2. The summed E-state index contributed by atoms with van der Waals surface area (Å²) in [6, 6.07) is 0.313. The Hall–Kier alpha value is -1.18. The van der Waals surface area contributed by atoms with Crippen LogP contribution in [0.2, 0.25) is 0 Å². The number of aliphatic hydroxyl groups is 1. The first-order valence-corrected chi connectivity index (χ1v) is 7.94. The average molecular weight is 344 g/mol. The molecule has 7 nitrogen and oxygen atoms in total. The van der Waals surface area contributed by atoms with Gasteiger partial charge in [-0.05, 0) is 32.9 Å². The van der Waals surface area contributed by atoms with E-state index in [1.54, 1.807) is 18.0 Å². The largest absolute Gasteiger partial charge is 0.388 e. The molecule has 0 saturated carbocycles. The maximum atomic E-state index is 12.6. The highest BCUT2D eigenvalue weighted by Gasteiger charge is 2.49. The molecule has 0 aliphatic carbocycles. The summed E-state index contributed by atoms with van der Waals surface area (Å²) in [6.07, 6.45) is 3.75. The highest BCUT2D eigenvalue weighted by atomic mass is 35.5. The fourth-order valence-corrected chi connectivity index (χ4v) is 3.22. The Balaban J connectivity index is 0.00000192. The minimum absolute atomic E-state index is 0. The molecule has 1 aromatic rings. The smallest absolute Gasteiger partial charge is 0.276 e. The van der Waals surface area contributed by atoms with E-state index in [4.69, 9.17) is 0 Å². The molecule has 2 aliphatic rings. The van der Waals surface area contributed by atoms with Gasteiger partial charge >= 0.3 is 0 Å². The molecule has 2 N–H and O–H groups in total. The molecule has 1 atom stereocenters. The van der Waals surface area contributed by atoms with Gasteiger partial charge in [-0.2, -0.15) is 0 Å². The summed E-state index contributed by atoms with van der Waals surface area (Å²) < 4.78 is 1.81. The second-order valence-corrected chi connectivity index (χ2v) is 7.38. The van der Waals surface area contributed by atoms with Crippen LogP contribution < -0.4 is 5.32 Å². The Bertz CT molecular complexity index is 550. The molecule has 2 aliphatic heterocycles. The van der Waals surface area contributed by atoms with E-state index in [0.717, 1.165) is 25.9 Å². The molecule has 1 aromatic heterocycles. The summed E-state index contributed by atoms with van der Waals surface area (Å²) in [5.41, 5.74) is -0.839. The number of hydrogen-bond donors (Lipinski definition) is 2. The fraction of sp³-hybridized carbons (Fsp3) is 0.800. The van der Waals surface area contributed by atoms with Crippen molar-refractivity contribution in [2.24, 2.45) is 5.41 Å². The summed E-state index contributed by atoms with van der Waals surface area (Å²) in [5.74, 6) is -0.147. The Labute approximate surface area is 142 Å². The lowest BCUT2D eigenvalue weighted by Gasteiger charge is -2.30. The van der Waals surface area contributed by atoms with Crippen molar-refractivity contribution in [3.63, 3.8) is 0 Å². The van der Waals surface area contributed by atoms with Crippen LogP contribution in [-0.2, 0) is 0 Å². The van der Waals surface area contributed by atoms with Crippen molar-refractivity contribution in [2.75, 3.05) is 26.2 Å². The molecule has 0 bridgehead atoms. The standard InChI is InChI=1S/C15H25N5O2.ClH/c1-14(2)9-19(10-15(14,3)22)13(21)12-8-20(18-17-12)11-4-6-16-7-5-11;/h8,11,16,22H,4-7,9-10H2,1-3H3;1H/t15-;/m0./s1. The Kier molecular flexibility index (Phi) is 5.03. The van der Waals surface area contributed by atoms with Gasteiger partial charge in [0.15, 0.2) is 5.69 Å². The second kappa shape index (κ2) is 6.37. The minimum atomic E-state index is -0.881. The molecule has 0 aromatic carbocycles. The van der Waals surface area contributed by atoms with E-state index in [-0.39, 0.29) is 23.7 Å². The molecule has 0 unspecified atom stereocenters. The van der Waals surface area contributed by atoms with E-state index in [9.17, 15) is 9.90 Å².